The summed E-state index contributed by atoms with van der Waals surface area (Å²) < 4.78 is 0. The van der Waals surface area contributed by atoms with Gasteiger partial charge in [-0.05, 0) is 18.1 Å². The molecule has 6 heteroatoms. The first-order valence-electron chi connectivity index (χ1n) is 7.65. The van der Waals surface area contributed by atoms with Crippen molar-refractivity contribution in [1.29, 1.82) is 0 Å². The van der Waals surface area contributed by atoms with Crippen molar-refractivity contribution in [2.45, 2.75) is 19.8 Å². The molecule has 1 N–H and O–H groups in total. The molecule has 5 nitrogen and oxygen atoms in total. The van der Waals surface area contributed by atoms with Gasteiger partial charge < -0.3 is 15.1 Å². The Balaban J connectivity index is 1.82. The minimum atomic E-state index is -0.0416. The molecule has 3 amide bonds. The molecule has 22 heavy (non-hydrogen) atoms. The average Bonchev–Trinajstić information content (AvgIpc) is 2.55. The number of amides is 3. The topological polar surface area (TPSA) is 52.7 Å². The van der Waals surface area contributed by atoms with Crippen LogP contribution in [0.25, 0.3) is 0 Å². The second kappa shape index (κ2) is 8.03. The summed E-state index contributed by atoms with van der Waals surface area (Å²) in [5.41, 5.74) is 0.845. The van der Waals surface area contributed by atoms with E-state index in [2.05, 4.69) is 5.32 Å². The maximum atomic E-state index is 12.3. The zero-order chi connectivity index (χ0) is 15.9. The maximum absolute atomic E-state index is 12.3. The standard InChI is InChI=1S/C16H22ClN3O2/c1-2-7-18-16(22)20-10-8-19(9-11-20)15(21)12-13-5-3-4-6-14(13)17/h3-6H,2,7-12H2,1H3,(H,18,22). The van der Waals surface area contributed by atoms with Gasteiger partial charge >= 0.3 is 6.03 Å². The van der Waals surface area contributed by atoms with Crippen LogP contribution in [0.4, 0.5) is 4.79 Å². The van der Waals surface area contributed by atoms with E-state index < -0.39 is 0 Å². The van der Waals surface area contributed by atoms with Gasteiger partial charge in [0.15, 0.2) is 0 Å². The van der Waals surface area contributed by atoms with Gasteiger partial charge in [0.05, 0.1) is 6.42 Å². The number of halogens is 1. The lowest BCUT2D eigenvalue weighted by atomic mass is 10.1. The van der Waals surface area contributed by atoms with E-state index in [1.807, 2.05) is 25.1 Å². The predicted octanol–water partition coefficient (Wildman–Crippen LogP) is 2.15. The van der Waals surface area contributed by atoms with Crippen molar-refractivity contribution in [2.24, 2.45) is 0 Å². The predicted molar refractivity (Wildman–Crippen MR) is 87.0 cm³/mol. The van der Waals surface area contributed by atoms with Crippen LogP contribution in [0.2, 0.25) is 5.02 Å². The summed E-state index contributed by atoms with van der Waals surface area (Å²) >= 11 is 6.09. The molecule has 0 aliphatic carbocycles. The number of urea groups is 1. The normalized spacial score (nSPS) is 14.8. The van der Waals surface area contributed by atoms with Gasteiger partial charge in [-0.1, -0.05) is 36.7 Å². The molecule has 0 atom stereocenters. The van der Waals surface area contributed by atoms with Crippen molar-refractivity contribution in [3.8, 4) is 0 Å². The highest BCUT2D eigenvalue weighted by molar-refractivity contribution is 6.31. The second-order valence-electron chi connectivity index (χ2n) is 5.37. The van der Waals surface area contributed by atoms with Crippen molar-refractivity contribution >= 4 is 23.5 Å². The first-order chi connectivity index (χ1) is 10.6. The lowest BCUT2D eigenvalue weighted by Gasteiger charge is -2.34. The third-order valence-electron chi connectivity index (χ3n) is 3.75. The minimum Gasteiger partial charge on any atom is -0.339 e. The Morgan fingerprint density at radius 1 is 1.14 bits per heavy atom. The fourth-order valence-corrected chi connectivity index (χ4v) is 2.62. The number of rotatable bonds is 4. The summed E-state index contributed by atoms with van der Waals surface area (Å²) in [5, 5.41) is 3.48. The Kier molecular flexibility index (Phi) is 6.07. The van der Waals surface area contributed by atoms with Gasteiger partial charge in [0.2, 0.25) is 5.91 Å². The van der Waals surface area contributed by atoms with Crippen LogP contribution in [0.5, 0.6) is 0 Å². The molecule has 0 radical (unpaired) electrons. The Bertz CT molecular complexity index is 528. The average molecular weight is 324 g/mol. The molecule has 1 saturated heterocycles. The number of hydrogen-bond donors (Lipinski definition) is 1. The summed E-state index contributed by atoms with van der Waals surface area (Å²) in [6.45, 7) is 5.00. The van der Waals surface area contributed by atoms with Crippen LogP contribution < -0.4 is 5.32 Å². The number of carbonyl (C=O) groups excluding carboxylic acids is 2. The molecule has 0 saturated carbocycles. The molecule has 0 spiro atoms. The highest BCUT2D eigenvalue weighted by atomic mass is 35.5. The van der Waals surface area contributed by atoms with Crippen molar-refractivity contribution in [2.75, 3.05) is 32.7 Å². The zero-order valence-electron chi connectivity index (χ0n) is 12.8. The molecule has 0 aromatic heterocycles. The van der Waals surface area contributed by atoms with Crippen LogP contribution in [-0.2, 0) is 11.2 Å². The first kappa shape index (κ1) is 16.6. The van der Waals surface area contributed by atoms with E-state index in [4.69, 9.17) is 11.6 Å². The Morgan fingerprint density at radius 2 is 1.77 bits per heavy atom. The molecule has 1 aromatic carbocycles. The second-order valence-corrected chi connectivity index (χ2v) is 5.78. The lowest BCUT2D eigenvalue weighted by Crippen LogP contribution is -2.53. The molecule has 2 rings (SSSR count). The maximum Gasteiger partial charge on any atom is 0.317 e. The van der Waals surface area contributed by atoms with Gasteiger partial charge in [-0.3, -0.25) is 4.79 Å². The summed E-state index contributed by atoms with van der Waals surface area (Å²) in [5.74, 6) is 0.0571. The third-order valence-corrected chi connectivity index (χ3v) is 4.11. The number of nitrogens with one attached hydrogen (secondary N) is 1. The monoisotopic (exact) mass is 323 g/mol. The number of carbonyl (C=O) groups is 2. The summed E-state index contributed by atoms with van der Waals surface area (Å²) in [6.07, 6.45) is 1.23. The van der Waals surface area contributed by atoms with Crippen LogP contribution >= 0.6 is 11.6 Å². The summed E-state index contributed by atoms with van der Waals surface area (Å²) in [6, 6.07) is 7.35. The number of nitrogens with zero attached hydrogens (tertiary/aromatic N) is 2. The molecule has 1 aliphatic rings. The third kappa shape index (κ3) is 4.37. The number of benzene rings is 1. The Labute approximate surface area is 136 Å². The number of piperazine rings is 1. The SMILES string of the molecule is CCCNC(=O)N1CCN(C(=O)Cc2ccccc2Cl)CC1. The van der Waals surface area contributed by atoms with Crippen LogP contribution in [0.1, 0.15) is 18.9 Å². The molecular weight excluding hydrogens is 302 g/mol. The van der Waals surface area contributed by atoms with Gasteiger partial charge in [-0.2, -0.15) is 0 Å². The summed E-state index contributed by atoms with van der Waals surface area (Å²) in [4.78, 5) is 27.7. The van der Waals surface area contributed by atoms with Gasteiger partial charge in [0.1, 0.15) is 0 Å². The van der Waals surface area contributed by atoms with E-state index >= 15 is 0 Å². The smallest absolute Gasteiger partial charge is 0.317 e. The van der Waals surface area contributed by atoms with Crippen LogP contribution in [0, 0.1) is 0 Å². The van der Waals surface area contributed by atoms with Crippen LogP contribution in [0.15, 0.2) is 24.3 Å². The molecule has 1 aliphatic heterocycles. The molecule has 1 heterocycles. The van der Waals surface area contributed by atoms with Gasteiger partial charge in [0.25, 0.3) is 0 Å². The lowest BCUT2D eigenvalue weighted by molar-refractivity contribution is -0.131. The Hall–Kier alpha value is -1.75. The van der Waals surface area contributed by atoms with Crippen molar-refractivity contribution in [3.05, 3.63) is 34.9 Å². The molecular formula is C16H22ClN3O2. The fraction of sp³-hybridized carbons (Fsp3) is 0.500. The highest BCUT2D eigenvalue weighted by Gasteiger charge is 2.24. The zero-order valence-corrected chi connectivity index (χ0v) is 13.6. The molecule has 0 bridgehead atoms. The van der Waals surface area contributed by atoms with E-state index in [-0.39, 0.29) is 11.9 Å². The quantitative estimate of drug-likeness (QED) is 0.923. The molecule has 0 unspecified atom stereocenters. The van der Waals surface area contributed by atoms with Crippen LogP contribution in [0.3, 0.4) is 0 Å². The fourth-order valence-electron chi connectivity index (χ4n) is 2.42. The van der Waals surface area contributed by atoms with E-state index in [0.29, 0.717) is 44.2 Å². The highest BCUT2D eigenvalue weighted by Crippen LogP contribution is 2.16. The van der Waals surface area contributed by atoms with Crippen molar-refractivity contribution in [1.82, 2.24) is 15.1 Å². The van der Waals surface area contributed by atoms with Gasteiger partial charge in [0, 0.05) is 37.7 Å². The largest absolute Gasteiger partial charge is 0.339 e. The van der Waals surface area contributed by atoms with E-state index in [0.717, 1.165) is 12.0 Å². The summed E-state index contributed by atoms with van der Waals surface area (Å²) in [7, 11) is 0. The minimum absolute atomic E-state index is 0.0416. The van der Waals surface area contributed by atoms with Gasteiger partial charge in [-0.25, -0.2) is 4.79 Å². The van der Waals surface area contributed by atoms with E-state index in [1.54, 1.807) is 15.9 Å². The van der Waals surface area contributed by atoms with E-state index in [9.17, 15) is 9.59 Å². The van der Waals surface area contributed by atoms with Crippen molar-refractivity contribution in [3.63, 3.8) is 0 Å². The molecule has 1 aromatic rings. The van der Waals surface area contributed by atoms with E-state index in [1.165, 1.54) is 0 Å². The van der Waals surface area contributed by atoms with Crippen LogP contribution in [-0.4, -0.2) is 54.5 Å². The van der Waals surface area contributed by atoms with Crippen molar-refractivity contribution < 1.29 is 9.59 Å². The van der Waals surface area contributed by atoms with Gasteiger partial charge in [-0.15, -0.1) is 0 Å². The molecule has 1 fully saturated rings. The molecule has 120 valence electrons. The first-order valence-corrected chi connectivity index (χ1v) is 8.03. The Morgan fingerprint density at radius 3 is 2.41 bits per heavy atom. The number of hydrogen-bond acceptors (Lipinski definition) is 2.